The highest BCUT2D eigenvalue weighted by Gasteiger charge is 2.27. The molecule has 1 aliphatic rings. The second-order valence-corrected chi connectivity index (χ2v) is 4.02. The van der Waals surface area contributed by atoms with E-state index in [0.29, 0.717) is 0 Å². The minimum atomic E-state index is -4.36. The standard InChI is InChI=1S/C9H17F3N4O/c1-15-2-4-16(5-3-15)14-6-8(17)13-7-9(10,11)12/h14H,2-7H2,1H3,(H,13,17). The zero-order chi connectivity index (χ0) is 12.9. The van der Waals surface area contributed by atoms with Gasteiger partial charge >= 0.3 is 6.18 Å². The summed E-state index contributed by atoms with van der Waals surface area (Å²) in [5.41, 5.74) is 2.81. The molecule has 0 aromatic heterocycles. The molecule has 17 heavy (non-hydrogen) atoms. The molecule has 2 N–H and O–H groups in total. The summed E-state index contributed by atoms with van der Waals surface area (Å²) in [5, 5.41) is 3.65. The van der Waals surface area contributed by atoms with Gasteiger partial charge in [-0.2, -0.15) is 13.2 Å². The first kappa shape index (κ1) is 14.2. The number of hydrogen-bond donors (Lipinski definition) is 2. The largest absolute Gasteiger partial charge is 0.405 e. The van der Waals surface area contributed by atoms with Crippen LogP contribution in [0, 0.1) is 0 Å². The second-order valence-electron chi connectivity index (χ2n) is 4.02. The molecule has 0 spiro atoms. The predicted molar refractivity (Wildman–Crippen MR) is 56.1 cm³/mol. The van der Waals surface area contributed by atoms with Crippen molar-refractivity contribution >= 4 is 5.91 Å². The number of nitrogens with zero attached hydrogens (tertiary/aromatic N) is 2. The Morgan fingerprint density at radius 1 is 1.24 bits per heavy atom. The third kappa shape index (κ3) is 6.44. The first-order chi connectivity index (χ1) is 7.87. The number of carbonyl (C=O) groups excluding carboxylic acids is 1. The van der Waals surface area contributed by atoms with E-state index >= 15 is 0 Å². The van der Waals surface area contributed by atoms with Crippen molar-refractivity contribution in [3.05, 3.63) is 0 Å². The van der Waals surface area contributed by atoms with Gasteiger partial charge in [0.05, 0.1) is 6.54 Å². The van der Waals surface area contributed by atoms with Crippen molar-refractivity contribution in [3.8, 4) is 0 Å². The van der Waals surface area contributed by atoms with Gasteiger partial charge in [0.15, 0.2) is 0 Å². The lowest BCUT2D eigenvalue weighted by Gasteiger charge is -2.32. The van der Waals surface area contributed by atoms with E-state index in [4.69, 9.17) is 0 Å². The van der Waals surface area contributed by atoms with Gasteiger partial charge in [-0.05, 0) is 7.05 Å². The third-order valence-corrected chi connectivity index (χ3v) is 2.45. The Hall–Kier alpha value is -0.860. The van der Waals surface area contributed by atoms with Crippen molar-refractivity contribution in [1.82, 2.24) is 20.7 Å². The van der Waals surface area contributed by atoms with Gasteiger partial charge in [-0.1, -0.05) is 0 Å². The molecule has 0 unspecified atom stereocenters. The van der Waals surface area contributed by atoms with E-state index in [9.17, 15) is 18.0 Å². The number of piperazine rings is 1. The first-order valence-corrected chi connectivity index (χ1v) is 5.37. The van der Waals surface area contributed by atoms with E-state index in [2.05, 4.69) is 10.3 Å². The Balaban J connectivity index is 2.11. The van der Waals surface area contributed by atoms with E-state index in [1.807, 2.05) is 17.4 Å². The minimum absolute atomic E-state index is 0.125. The van der Waals surface area contributed by atoms with E-state index in [0.717, 1.165) is 26.2 Å². The van der Waals surface area contributed by atoms with Crippen LogP contribution in [-0.2, 0) is 4.79 Å². The fourth-order valence-corrected chi connectivity index (χ4v) is 1.41. The molecule has 5 nitrogen and oxygen atoms in total. The molecule has 0 saturated carbocycles. The highest BCUT2D eigenvalue weighted by Crippen LogP contribution is 2.11. The van der Waals surface area contributed by atoms with Crippen LogP contribution in [0.4, 0.5) is 13.2 Å². The first-order valence-electron chi connectivity index (χ1n) is 5.37. The third-order valence-electron chi connectivity index (χ3n) is 2.45. The highest BCUT2D eigenvalue weighted by molar-refractivity contribution is 5.77. The normalized spacial score (nSPS) is 19.3. The average Bonchev–Trinajstić information content (AvgIpc) is 2.25. The van der Waals surface area contributed by atoms with Crippen LogP contribution in [-0.4, -0.2) is 68.3 Å². The Bertz CT molecular complexity index is 251. The summed E-state index contributed by atoms with van der Waals surface area (Å²) in [6, 6.07) is 0. The van der Waals surface area contributed by atoms with Gasteiger partial charge in [-0.25, -0.2) is 10.4 Å². The summed E-state index contributed by atoms with van der Waals surface area (Å²) in [4.78, 5) is 13.2. The summed E-state index contributed by atoms with van der Waals surface area (Å²) in [7, 11) is 1.99. The van der Waals surface area contributed by atoms with Crippen molar-refractivity contribution in [2.24, 2.45) is 0 Å². The molecule has 0 aromatic carbocycles. The molecule has 0 bridgehead atoms. The van der Waals surface area contributed by atoms with Gasteiger partial charge in [0.1, 0.15) is 6.54 Å². The van der Waals surface area contributed by atoms with Crippen LogP contribution >= 0.6 is 0 Å². The van der Waals surface area contributed by atoms with Gasteiger partial charge in [0.25, 0.3) is 0 Å². The molecule has 1 amide bonds. The number of alkyl halides is 3. The topological polar surface area (TPSA) is 47.6 Å². The Morgan fingerprint density at radius 2 is 1.82 bits per heavy atom. The van der Waals surface area contributed by atoms with E-state index < -0.39 is 18.6 Å². The molecular formula is C9H17F3N4O. The highest BCUT2D eigenvalue weighted by atomic mass is 19.4. The summed E-state index contributed by atoms with van der Waals surface area (Å²) in [5.74, 6) is -0.652. The van der Waals surface area contributed by atoms with E-state index in [-0.39, 0.29) is 6.54 Å². The van der Waals surface area contributed by atoms with Crippen LogP contribution in [0.1, 0.15) is 0 Å². The maximum atomic E-state index is 11.8. The Morgan fingerprint density at radius 3 is 2.35 bits per heavy atom. The quantitative estimate of drug-likeness (QED) is 0.704. The van der Waals surface area contributed by atoms with E-state index in [1.165, 1.54) is 0 Å². The summed E-state index contributed by atoms with van der Waals surface area (Å²) in [6.45, 7) is 1.84. The van der Waals surface area contributed by atoms with Crippen LogP contribution in [0.3, 0.4) is 0 Å². The molecule has 8 heteroatoms. The lowest BCUT2D eigenvalue weighted by Crippen LogP contribution is -2.53. The van der Waals surface area contributed by atoms with Crippen LogP contribution < -0.4 is 10.7 Å². The second kappa shape index (κ2) is 6.18. The van der Waals surface area contributed by atoms with Crippen LogP contribution in [0.2, 0.25) is 0 Å². The molecular weight excluding hydrogens is 237 g/mol. The zero-order valence-electron chi connectivity index (χ0n) is 9.68. The molecule has 1 rings (SSSR count). The maximum Gasteiger partial charge on any atom is 0.405 e. The predicted octanol–water partition coefficient (Wildman–Crippen LogP) is -0.583. The molecule has 1 aliphatic heterocycles. The number of halogens is 3. The van der Waals surface area contributed by atoms with Crippen molar-refractivity contribution < 1.29 is 18.0 Å². The number of likely N-dealkylation sites (N-methyl/N-ethyl adjacent to an activating group) is 1. The fourth-order valence-electron chi connectivity index (χ4n) is 1.41. The molecule has 0 atom stereocenters. The van der Waals surface area contributed by atoms with Crippen molar-refractivity contribution in [3.63, 3.8) is 0 Å². The Labute approximate surface area is 97.9 Å². The SMILES string of the molecule is CN1CCN(NCC(=O)NCC(F)(F)F)CC1. The minimum Gasteiger partial charge on any atom is -0.346 e. The zero-order valence-corrected chi connectivity index (χ0v) is 9.68. The number of hydrogen-bond acceptors (Lipinski definition) is 4. The lowest BCUT2D eigenvalue weighted by atomic mass is 10.4. The van der Waals surface area contributed by atoms with Crippen LogP contribution in [0.25, 0.3) is 0 Å². The van der Waals surface area contributed by atoms with E-state index in [1.54, 1.807) is 0 Å². The van der Waals surface area contributed by atoms with Gasteiger partial charge in [0.2, 0.25) is 5.91 Å². The molecule has 0 aliphatic carbocycles. The number of carbonyl (C=O) groups is 1. The maximum absolute atomic E-state index is 11.8. The van der Waals surface area contributed by atoms with Crippen molar-refractivity contribution in [2.75, 3.05) is 46.3 Å². The molecule has 100 valence electrons. The molecule has 0 radical (unpaired) electrons. The molecule has 1 fully saturated rings. The van der Waals surface area contributed by atoms with Gasteiger partial charge in [0, 0.05) is 26.2 Å². The van der Waals surface area contributed by atoms with Crippen molar-refractivity contribution in [2.45, 2.75) is 6.18 Å². The number of amides is 1. The number of nitrogens with one attached hydrogen (secondary N) is 2. The lowest BCUT2D eigenvalue weighted by molar-refractivity contribution is -0.138. The summed E-state index contributed by atoms with van der Waals surface area (Å²) < 4.78 is 35.4. The summed E-state index contributed by atoms with van der Waals surface area (Å²) >= 11 is 0. The van der Waals surface area contributed by atoms with Gasteiger partial charge in [-0.3, -0.25) is 4.79 Å². The molecule has 1 saturated heterocycles. The smallest absolute Gasteiger partial charge is 0.346 e. The van der Waals surface area contributed by atoms with Crippen LogP contribution in [0.15, 0.2) is 0 Å². The van der Waals surface area contributed by atoms with Crippen LogP contribution in [0.5, 0.6) is 0 Å². The monoisotopic (exact) mass is 254 g/mol. The number of hydrazine groups is 1. The van der Waals surface area contributed by atoms with Gasteiger partial charge < -0.3 is 10.2 Å². The van der Waals surface area contributed by atoms with Crippen molar-refractivity contribution in [1.29, 1.82) is 0 Å². The average molecular weight is 254 g/mol. The van der Waals surface area contributed by atoms with Gasteiger partial charge in [-0.15, -0.1) is 0 Å². The Kier molecular flexibility index (Phi) is 5.16. The molecule has 1 heterocycles. The summed E-state index contributed by atoms with van der Waals surface area (Å²) in [6.07, 6.45) is -4.36. The molecule has 0 aromatic rings. The number of rotatable bonds is 4. The fraction of sp³-hybridized carbons (Fsp3) is 0.889.